The van der Waals surface area contributed by atoms with Crippen molar-refractivity contribution < 1.29 is 8.85 Å². The summed E-state index contributed by atoms with van der Waals surface area (Å²) in [4.78, 5) is 0. The van der Waals surface area contributed by atoms with Crippen molar-refractivity contribution in [2.45, 2.75) is 40.5 Å². The molecule has 95 valence electrons. The summed E-state index contributed by atoms with van der Waals surface area (Å²) in [6.45, 7) is 10.1. The van der Waals surface area contributed by atoms with Crippen LogP contribution in [0, 0.1) is 13.8 Å². The van der Waals surface area contributed by atoms with Crippen LogP contribution >= 0.6 is 0 Å². The minimum atomic E-state index is -1.29. The van der Waals surface area contributed by atoms with E-state index >= 15 is 0 Å². The smallest absolute Gasteiger partial charge is 0.390 e. The number of rotatable bonds is 7. The number of benzene rings is 1. The van der Waals surface area contributed by atoms with Crippen LogP contribution in [0.15, 0.2) is 18.2 Å². The van der Waals surface area contributed by atoms with Crippen LogP contribution in [0.4, 0.5) is 0 Å². The minimum Gasteiger partial charge on any atom is -0.390 e. The van der Waals surface area contributed by atoms with E-state index in [0.29, 0.717) is 0 Å². The fourth-order valence-corrected chi connectivity index (χ4v) is 3.58. The van der Waals surface area contributed by atoms with E-state index in [1.165, 1.54) is 16.3 Å². The van der Waals surface area contributed by atoms with E-state index in [9.17, 15) is 0 Å². The maximum atomic E-state index is 5.87. The van der Waals surface area contributed by atoms with Gasteiger partial charge >= 0.3 is 9.28 Å². The van der Waals surface area contributed by atoms with E-state index in [1.54, 1.807) is 0 Å². The summed E-state index contributed by atoms with van der Waals surface area (Å²) in [5.41, 5.74) is 2.56. The highest BCUT2D eigenvalue weighted by Gasteiger charge is 2.19. The monoisotopic (exact) mass is 251 g/mol. The molecule has 0 bridgehead atoms. The first-order valence-electron chi connectivity index (χ1n) is 6.38. The standard InChI is InChI=1S/C14H23O2Si/c1-5-7-15-17(16-8-6-2)14-10-12(3)9-13(4)11-14/h9-11H,5-8H2,1-4H3. The quantitative estimate of drug-likeness (QED) is 0.694. The molecule has 0 N–H and O–H groups in total. The van der Waals surface area contributed by atoms with Crippen LogP contribution in [-0.4, -0.2) is 22.5 Å². The van der Waals surface area contributed by atoms with Gasteiger partial charge in [0.05, 0.1) is 0 Å². The van der Waals surface area contributed by atoms with Crippen LogP contribution in [0.5, 0.6) is 0 Å². The van der Waals surface area contributed by atoms with Gasteiger partial charge in [-0.15, -0.1) is 0 Å². The van der Waals surface area contributed by atoms with Gasteiger partial charge in [-0.25, -0.2) is 0 Å². The molecule has 1 aromatic carbocycles. The van der Waals surface area contributed by atoms with Crippen molar-refractivity contribution in [1.29, 1.82) is 0 Å². The van der Waals surface area contributed by atoms with Crippen molar-refractivity contribution in [3.05, 3.63) is 29.3 Å². The van der Waals surface area contributed by atoms with Crippen molar-refractivity contribution in [2.75, 3.05) is 13.2 Å². The normalized spacial score (nSPS) is 11.1. The summed E-state index contributed by atoms with van der Waals surface area (Å²) >= 11 is 0. The van der Waals surface area contributed by atoms with Crippen LogP contribution < -0.4 is 5.19 Å². The lowest BCUT2D eigenvalue weighted by Gasteiger charge is -2.16. The predicted molar refractivity (Wildman–Crippen MR) is 73.8 cm³/mol. The van der Waals surface area contributed by atoms with Crippen LogP contribution in [0.25, 0.3) is 0 Å². The Morgan fingerprint density at radius 1 is 0.882 bits per heavy atom. The summed E-state index contributed by atoms with van der Waals surface area (Å²) < 4.78 is 11.7. The van der Waals surface area contributed by atoms with Gasteiger partial charge in [-0.2, -0.15) is 0 Å². The van der Waals surface area contributed by atoms with Gasteiger partial charge in [0.25, 0.3) is 0 Å². The highest BCUT2D eigenvalue weighted by Crippen LogP contribution is 2.03. The van der Waals surface area contributed by atoms with E-state index in [4.69, 9.17) is 8.85 Å². The molecule has 1 radical (unpaired) electrons. The first-order valence-corrected chi connectivity index (χ1v) is 7.70. The molecule has 0 amide bonds. The Bertz CT molecular complexity index is 311. The van der Waals surface area contributed by atoms with Crippen molar-refractivity contribution >= 4 is 14.5 Å². The Kier molecular flexibility index (Phi) is 6.48. The second-order valence-corrected chi connectivity index (χ2v) is 6.09. The van der Waals surface area contributed by atoms with Gasteiger partial charge in [0, 0.05) is 13.2 Å². The summed E-state index contributed by atoms with van der Waals surface area (Å²) in [7, 11) is -1.29. The van der Waals surface area contributed by atoms with Crippen molar-refractivity contribution in [3.8, 4) is 0 Å². The number of aryl methyl sites for hydroxylation is 2. The second-order valence-electron chi connectivity index (χ2n) is 4.36. The predicted octanol–water partition coefficient (Wildman–Crippen LogP) is 2.85. The van der Waals surface area contributed by atoms with Gasteiger partial charge in [-0.1, -0.05) is 43.2 Å². The number of hydrogen-bond acceptors (Lipinski definition) is 2. The van der Waals surface area contributed by atoms with Gasteiger partial charge in [-0.3, -0.25) is 0 Å². The molecule has 0 atom stereocenters. The highest BCUT2D eigenvalue weighted by atomic mass is 28.3. The first kappa shape index (κ1) is 14.4. The van der Waals surface area contributed by atoms with E-state index in [2.05, 4.69) is 45.9 Å². The Labute approximate surface area is 107 Å². The van der Waals surface area contributed by atoms with Crippen molar-refractivity contribution in [2.24, 2.45) is 0 Å². The molecule has 0 saturated carbocycles. The van der Waals surface area contributed by atoms with Gasteiger partial charge in [0.15, 0.2) is 0 Å². The van der Waals surface area contributed by atoms with E-state index in [0.717, 1.165) is 26.1 Å². The third kappa shape index (κ3) is 5.02. The maximum absolute atomic E-state index is 5.87. The lowest BCUT2D eigenvalue weighted by atomic mass is 10.2. The summed E-state index contributed by atoms with van der Waals surface area (Å²) in [5.74, 6) is 0. The van der Waals surface area contributed by atoms with Crippen LogP contribution in [0.3, 0.4) is 0 Å². The second kappa shape index (κ2) is 7.64. The van der Waals surface area contributed by atoms with Gasteiger partial charge in [0.1, 0.15) is 0 Å². The molecule has 0 heterocycles. The lowest BCUT2D eigenvalue weighted by molar-refractivity contribution is 0.207. The molecule has 0 aromatic heterocycles. The average molecular weight is 251 g/mol. The number of hydrogen-bond donors (Lipinski definition) is 0. The highest BCUT2D eigenvalue weighted by molar-refractivity contribution is 6.61. The van der Waals surface area contributed by atoms with E-state index in [-0.39, 0.29) is 0 Å². The molecule has 1 rings (SSSR count). The van der Waals surface area contributed by atoms with Crippen LogP contribution in [-0.2, 0) is 8.85 Å². The molecule has 0 spiro atoms. The fraction of sp³-hybridized carbons (Fsp3) is 0.571. The largest absolute Gasteiger partial charge is 0.423 e. The molecule has 3 heteroatoms. The van der Waals surface area contributed by atoms with Gasteiger partial charge in [-0.05, 0) is 31.9 Å². The summed E-state index contributed by atoms with van der Waals surface area (Å²) in [5, 5.41) is 1.23. The summed E-state index contributed by atoms with van der Waals surface area (Å²) in [6.07, 6.45) is 2.07. The topological polar surface area (TPSA) is 18.5 Å². The fourth-order valence-electron chi connectivity index (χ4n) is 1.69. The molecule has 2 nitrogen and oxygen atoms in total. The first-order chi connectivity index (χ1) is 8.17. The van der Waals surface area contributed by atoms with Crippen molar-refractivity contribution in [3.63, 3.8) is 0 Å². The third-order valence-corrected chi connectivity index (χ3v) is 4.02. The van der Waals surface area contributed by atoms with Gasteiger partial charge < -0.3 is 8.85 Å². The summed E-state index contributed by atoms with van der Waals surface area (Å²) in [6, 6.07) is 6.56. The Morgan fingerprint density at radius 2 is 1.35 bits per heavy atom. The molecule has 0 aliphatic heterocycles. The lowest BCUT2D eigenvalue weighted by Crippen LogP contribution is -2.38. The van der Waals surface area contributed by atoms with Gasteiger partial charge in [0.2, 0.25) is 0 Å². The molecule has 1 aromatic rings. The zero-order valence-corrected chi connectivity index (χ0v) is 12.4. The SMILES string of the molecule is CCCO[Si](OCCC)c1cc(C)cc(C)c1. The molecule has 0 unspecified atom stereocenters. The Morgan fingerprint density at radius 3 is 1.76 bits per heavy atom. The molecule has 0 aliphatic rings. The van der Waals surface area contributed by atoms with Crippen LogP contribution in [0.1, 0.15) is 37.8 Å². The van der Waals surface area contributed by atoms with E-state index < -0.39 is 9.28 Å². The molecular weight excluding hydrogens is 228 g/mol. The third-order valence-electron chi connectivity index (χ3n) is 2.33. The molecule has 0 saturated heterocycles. The van der Waals surface area contributed by atoms with Crippen molar-refractivity contribution in [1.82, 2.24) is 0 Å². The molecular formula is C14H23O2Si. The minimum absolute atomic E-state index is 0.783. The molecule has 0 aliphatic carbocycles. The zero-order chi connectivity index (χ0) is 12.7. The Balaban J connectivity index is 2.78. The zero-order valence-electron chi connectivity index (χ0n) is 11.4. The van der Waals surface area contributed by atoms with Crippen LogP contribution in [0.2, 0.25) is 0 Å². The average Bonchev–Trinajstić information content (AvgIpc) is 2.28. The molecule has 0 fully saturated rings. The Hall–Kier alpha value is -0.643. The molecule has 17 heavy (non-hydrogen) atoms. The van der Waals surface area contributed by atoms with E-state index in [1.807, 2.05) is 0 Å². The maximum Gasteiger partial charge on any atom is 0.423 e.